The summed E-state index contributed by atoms with van der Waals surface area (Å²) in [5, 5.41) is 23.5. The smallest absolute Gasteiger partial charge is 0.294 e. The lowest BCUT2D eigenvalue weighted by atomic mass is 10.0. The van der Waals surface area contributed by atoms with E-state index in [1.54, 1.807) is 55.5 Å². The predicted molar refractivity (Wildman–Crippen MR) is 146 cm³/mol. The largest absolute Gasteiger partial charge is 0.505 e. The normalized spacial score (nSPS) is 11.7. The molecule has 0 fully saturated rings. The van der Waals surface area contributed by atoms with E-state index in [1.807, 2.05) is 6.92 Å². The van der Waals surface area contributed by atoms with Crippen LogP contribution in [0.3, 0.4) is 0 Å². The Kier molecular flexibility index (Phi) is 7.96. The monoisotopic (exact) mass is 553 g/mol. The molecule has 0 aromatic heterocycles. The molecule has 4 aromatic carbocycles. The number of carbonyl (C=O) groups is 1. The van der Waals surface area contributed by atoms with Crippen LogP contribution in [0.25, 0.3) is 10.8 Å². The van der Waals surface area contributed by atoms with Gasteiger partial charge in [0.2, 0.25) is 0 Å². The summed E-state index contributed by atoms with van der Waals surface area (Å²) in [6, 6.07) is 17.9. The number of phenols is 1. The third-order valence-electron chi connectivity index (χ3n) is 5.75. The highest BCUT2D eigenvalue weighted by Gasteiger charge is 2.22. The zero-order valence-corrected chi connectivity index (χ0v) is 22.0. The third-order valence-corrected chi connectivity index (χ3v) is 6.99. The van der Waals surface area contributed by atoms with Crippen molar-refractivity contribution in [3.05, 3.63) is 82.9 Å². The van der Waals surface area contributed by atoms with E-state index in [2.05, 4.69) is 15.5 Å². The van der Waals surface area contributed by atoms with Crippen LogP contribution >= 0.6 is 11.6 Å². The van der Waals surface area contributed by atoms with Gasteiger partial charge in [0.05, 0.1) is 27.8 Å². The lowest BCUT2D eigenvalue weighted by Gasteiger charge is -2.14. The van der Waals surface area contributed by atoms with Gasteiger partial charge in [0.25, 0.3) is 16.0 Å². The number of anilines is 1. The van der Waals surface area contributed by atoms with Crippen molar-refractivity contribution in [2.75, 3.05) is 11.9 Å². The van der Waals surface area contributed by atoms with Crippen molar-refractivity contribution in [3.8, 4) is 11.5 Å². The van der Waals surface area contributed by atoms with Crippen molar-refractivity contribution >= 4 is 55.5 Å². The molecule has 0 bridgehead atoms. The van der Waals surface area contributed by atoms with Gasteiger partial charge in [0.15, 0.2) is 5.75 Å². The molecule has 0 atom stereocenters. The van der Waals surface area contributed by atoms with Crippen LogP contribution in [0.1, 0.15) is 29.8 Å². The van der Waals surface area contributed by atoms with E-state index in [4.69, 9.17) is 16.3 Å². The Balaban J connectivity index is 1.84. The van der Waals surface area contributed by atoms with Crippen LogP contribution < -0.4 is 10.1 Å². The molecule has 4 rings (SSSR count). The Hall–Kier alpha value is -3.99. The fourth-order valence-corrected chi connectivity index (χ4v) is 5.02. The number of fused-ring (bicyclic) bond motifs is 1. The Morgan fingerprint density at radius 3 is 2.39 bits per heavy atom. The minimum atomic E-state index is -4.54. The second-order valence-electron chi connectivity index (χ2n) is 8.13. The maximum atomic E-state index is 13.3. The van der Waals surface area contributed by atoms with E-state index in [-0.39, 0.29) is 38.8 Å². The molecule has 38 heavy (non-hydrogen) atoms. The first-order valence-electron chi connectivity index (χ1n) is 11.6. The number of hydrogen-bond donors (Lipinski definition) is 3. The topological polar surface area (TPSA) is 138 Å². The minimum absolute atomic E-state index is 0.0123. The quantitative estimate of drug-likeness (QED) is 0.157. The van der Waals surface area contributed by atoms with Gasteiger partial charge in [-0.3, -0.25) is 9.35 Å². The fourth-order valence-electron chi connectivity index (χ4n) is 4.01. The Morgan fingerprint density at radius 1 is 1.00 bits per heavy atom. The highest BCUT2D eigenvalue weighted by atomic mass is 35.5. The van der Waals surface area contributed by atoms with Crippen molar-refractivity contribution in [2.24, 2.45) is 10.2 Å². The summed E-state index contributed by atoms with van der Waals surface area (Å²) < 4.78 is 38.9. The van der Waals surface area contributed by atoms with Gasteiger partial charge < -0.3 is 15.2 Å². The molecular formula is C27H24ClN3O6S. The average Bonchev–Trinajstić information content (AvgIpc) is 2.88. The number of hydrogen-bond acceptors (Lipinski definition) is 7. The first kappa shape index (κ1) is 27.1. The fraction of sp³-hybridized carbons (Fsp3) is 0.148. The van der Waals surface area contributed by atoms with E-state index < -0.39 is 21.8 Å². The molecule has 0 saturated heterocycles. The molecule has 3 N–H and O–H groups in total. The lowest BCUT2D eigenvalue weighted by molar-refractivity contribution is 0.102. The third kappa shape index (κ3) is 5.47. The molecule has 0 aliphatic heterocycles. The summed E-state index contributed by atoms with van der Waals surface area (Å²) in [7, 11) is -4.54. The zero-order chi connectivity index (χ0) is 27.4. The van der Waals surface area contributed by atoms with Gasteiger partial charge in [-0.2, -0.15) is 8.42 Å². The highest BCUT2D eigenvalue weighted by molar-refractivity contribution is 7.85. The molecule has 9 nitrogen and oxygen atoms in total. The SMILES string of the molecule is CCOc1ccccc1NC(=O)c1cc2ccccc2c(N=Nc2c(Cl)ccc(S(=O)(=O)O)c2CC)c1O. The van der Waals surface area contributed by atoms with E-state index in [0.29, 0.717) is 28.8 Å². The number of azo groups is 1. The van der Waals surface area contributed by atoms with Gasteiger partial charge in [-0.25, -0.2) is 0 Å². The molecule has 11 heteroatoms. The standard InChI is InChI=1S/C27H24ClN3O6S/c1-3-17-23(38(34,35)36)14-13-20(28)24(17)30-31-25-18-10-6-5-9-16(18)15-19(26(25)32)27(33)29-21-11-7-8-12-22(21)37-4-2/h5-15,32H,3-4H2,1-2H3,(H,29,33)(H,34,35,36). The van der Waals surface area contributed by atoms with Crippen molar-refractivity contribution in [1.82, 2.24) is 0 Å². The van der Waals surface area contributed by atoms with Crippen LogP contribution in [0.15, 0.2) is 81.9 Å². The number of carbonyl (C=O) groups excluding carboxylic acids is 1. The molecule has 0 unspecified atom stereocenters. The summed E-state index contributed by atoms with van der Waals surface area (Å²) >= 11 is 6.30. The van der Waals surface area contributed by atoms with E-state index >= 15 is 0 Å². The van der Waals surface area contributed by atoms with Gasteiger partial charge in [0, 0.05) is 10.9 Å². The number of ether oxygens (including phenoxy) is 1. The molecular weight excluding hydrogens is 530 g/mol. The second-order valence-corrected chi connectivity index (χ2v) is 9.92. The van der Waals surface area contributed by atoms with Crippen LogP contribution in [0.4, 0.5) is 17.1 Å². The van der Waals surface area contributed by atoms with Crippen molar-refractivity contribution < 1.29 is 27.6 Å². The van der Waals surface area contributed by atoms with Gasteiger partial charge in [-0.15, -0.1) is 10.2 Å². The molecule has 0 radical (unpaired) electrons. The second kappa shape index (κ2) is 11.2. The Bertz CT molecular complexity index is 1670. The van der Waals surface area contributed by atoms with Crippen LogP contribution in [0, 0.1) is 0 Å². The number of nitrogens with zero attached hydrogens (tertiary/aromatic N) is 2. The van der Waals surface area contributed by atoms with Gasteiger partial charge in [-0.1, -0.05) is 54.9 Å². The van der Waals surface area contributed by atoms with Crippen molar-refractivity contribution in [3.63, 3.8) is 0 Å². The maximum Gasteiger partial charge on any atom is 0.294 e. The number of halogens is 1. The molecule has 4 aromatic rings. The van der Waals surface area contributed by atoms with E-state index in [0.717, 1.165) is 0 Å². The number of nitrogens with one attached hydrogen (secondary N) is 1. The number of phenolic OH excluding ortho intramolecular Hbond substituents is 1. The highest BCUT2D eigenvalue weighted by Crippen LogP contribution is 2.42. The van der Waals surface area contributed by atoms with E-state index in [1.165, 1.54) is 18.2 Å². The summed E-state index contributed by atoms with van der Waals surface area (Å²) in [6.07, 6.45) is 0.179. The number of amides is 1. The maximum absolute atomic E-state index is 13.3. The first-order valence-corrected chi connectivity index (χ1v) is 13.5. The van der Waals surface area contributed by atoms with Crippen molar-refractivity contribution in [2.45, 2.75) is 25.2 Å². The van der Waals surface area contributed by atoms with Gasteiger partial charge in [0.1, 0.15) is 17.1 Å². The molecule has 0 spiro atoms. The molecule has 196 valence electrons. The Morgan fingerprint density at radius 2 is 1.68 bits per heavy atom. The molecule has 0 aliphatic carbocycles. The lowest BCUT2D eigenvalue weighted by Crippen LogP contribution is -2.13. The number of rotatable bonds is 8. The number of para-hydroxylation sites is 2. The molecule has 0 aliphatic rings. The Labute approximate surface area is 224 Å². The predicted octanol–water partition coefficient (Wildman–Crippen LogP) is 7.07. The molecule has 0 heterocycles. The van der Waals surface area contributed by atoms with Crippen LogP contribution in [-0.2, 0) is 16.5 Å². The summed E-state index contributed by atoms with van der Waals surface area (Å²) in [6.45, 7) is 3.91. The minimum Gasteiger partial charge on any atom is -0.505 e. The summed E-state index contributed by atoms with van der Waals surface area (Å²) in [4.78, 5) is 12.9. The molecule has 1 amide bonds. The van der Waals surface area contributed by atoms with Gasteiger partial charge >= 0.3 is 0 Å². The summed E-state index contributed by atoms with van der Waals surface area (Å²) in [5.74, 6) is -0.555. The summed E-state index contributed by atoms with van der Waals surface area (Å²) in [5.41, 5.74) is 0.540. The van der Waals surface area contributed by atoms with Crippen LogP contribution in [0.5, 0.6) is 11.5 Å². The van der Waals surface area contributed by atoms with E-state index in [9.17, 15) is 22.9 Å². The van der Waals surface area contributed by atoms with Crippen LogP contribution in [-0.4, -0.2) is 30.6 Å². The number of benzene rings is 4. The van der Waals surface area contributed by atoms with Crippen LogP contribution in [0.2, 0.25) is 5.02 Å². The molecule has 0 saturated carbocycles. The van der Waals surface area contributed by atoms with Crippen molar-refractivity contribution in [1.29, 1.82) is 0 Å². The first-order chi connectivity index (χ1) is 18.2. The van der Waals surface area contributed by atoms with Gasteiger partial charge in [-0.05, 0) is 49.1 Å². The zero-order valence-electron chi connectivity index (χ0n) is 20.5. The average molecular weight is 554 g/mol. The number of aromatic hydroxyl groups is 1.